The molecule has 0 aliphatic carbocycles. The van der Waals surface area contributed by atoms with Crippen molar-refractivity contribution in [2.75, 3.05) is 0 Å². The van der Waals surface area contributed by atoms with E-state index in [-0.39, 0.29) is 0 Å². The van der Waals surface area contributed by atoms with Crippen LogP contribution in [0.3, 0.4) is 0 Å². The quantitative estimate of drug-likeness (QED) is 0.182. The van der Waals surface area contributed by atoms with Crippen molar-refractivity contribution in [3.05, 3.63) is 176 Å². The van der Waals surface area contributed by atoms with Crippen LogP contribution >= 0.6 is 0 Å². The molecular formula is C45H29N3. The maximum Gasteiger partial charge on any atom is 0.164 e. The topological polar surface area (TPSA) is 38.7 Å². The Hall–Kier alpha value is -6.45. The third kappa shape index (κ3) is 4.99. The Morgan fingerprint density at radius 3 is 1.06 bits per heavy atom. The Morgan fingerprint density at radius 1 is 0.208 bits per heavy atom. The van der Waals surface area contributed by atoms with Gasteiger partial charge < -0.3 is 0 Å². The SMILES string of the molecule is c1ccc(-c2cc(-c3ccc4c5ccccc5c5ccccc5c4c3)cc(-c3nc(-c4ccccc4)nc(-c4ccccc4)n3)c2)cc1. The molecule has 0 amide bonds. The second kappa shape index (κ2) is 11.7. The summed E-state index contributed by atoms with van der Waals surface area (Å²) >= 11 is 0. The Bertz CT molecular complexity index is 2500. The number of rotatable bonds is 5. The minimum atomic E-state index is 0.638. The fourth-order valence-electron chi connectivity index (χ4n) is 6.75. The van der Waals surface area contributed by atoms with Crippen molar-refractivity contribution in [1.29, 1.82) is 0 Å². The molecule has 0 unspecified atom stereocenters. The molecule has 3 nitrogen and oxygen atoms in total. The summed E-state index contributed by atoms with van der Waals surface area (Å²) in [5.41, 5.74) is 7.33. The Balaban J connectivity index is 1.29. The summed E-state index contributed by atoms with van der Waals surface area (Å²) in [6, 6.07) is 61.8. The number of nitrogens with zero attached hydrogens (tertiary/aromatic N) is 3. The first-order valence-electron chi connectivity index (χ1n) is 16.2. The van der Waals surface area contributed by atoms with Crippen molar-refractivity contribution < 1.29 is 0 Å². The summed E-state index contributed by atoms with van der Waals surface area (Å²) in [5.74, 6) is 1.93. The number of hydrogen-bond donors (Lipinski definition) is 0. The second-order valence-corrected chi connectivity index (χ2v) is 12.1. The molecule has 3 heteroatoms. The van der Waals surface area contributed by atoms with Crippen molar-refractivity contribution in [3.8, 4) is 56.4 Å². The lowest BCUT2D eigenvalue weighted by molar-refractivity contribution is 1.07. The molecule has 0 bridgehead atoms. The van der Waals surface area contributed by atoms with Crippen molar-refractivity contribution in [3.63, 3.8) is 0 Å². The lowest BCUT2D eigenvalue weighted by atomic mass is 9.90. The Morgan fingerprint density at radius 2 is 0.562 bits per heavy atom. The average Bonchev–Trinajstić information content (AvgIpc) is 3.18. The Labute approximate surface area is 278 Å². The molecule has 0 spiro atoms. The molecule has 9 rings (SSSR count). The molecule has 1 aromatic heterocycles. The van der Waals surface area contributed by atoms with Gasteiger partial charge in [-0.3, -0.25) is 0 Å². The molecule has 0 saturated heterocycles. The van der Waals surface area contributed by atoms with E-state index in [1.54, 1.807) is 0 Å². The van der Waals surface area contributed by atoms with Crippen LogP contribution in [0.1, 0.15) is 0 Å². The molecule has 0 fully saturated rings. The van der Waals surface area contributed by atoms with Crippen LogP contribution in [-0.2, 0) is 0 Å². The molecular weight excluding hydrogens is 583 g/mol. The lowest BCUT2D eigenvalue weighted by Crippen LogP contribution is -2.00. The normalized spacial score (nSPS) is 11.3. The van der Waals surface area contributed by atoms with Gasteiger partial charge in [0, 0.05) is 16.7 Å². The van der Waals surface area contributed by atoms with Crippen LogP contribution in [0.2, 0.25) is 0 Å². The molecule has 1 heterocycles. The summed E-state index contributed by atoms with van der Waals surface area (Å²) < 4.78 is 0. The van der Waals surface area contributed by atoms with Crippen molar-refractivity contribution >= 4 is 32.3 Å². The van der Waals surface area contributed by atoms with Gasteiger partial charge in [-0.15, -0.1) is 0 Å². The van der Waals surface area contributed by atoms with Crippen LogP contribution < -0.4 is 0 Å². The third-order valence-electron chi connectivity index (χ3n) is 9.08. The molecule has 0 aliphatic rings. The molecule has 0 aliphatic heterocycles. The van der Waals surface area contributed by atoms with Crippen LogP contribution in [0.4, 0.5) is 0 Å². The third-order valence-corrected chi connectivity index (χ3v) is 9.08. The van der Waals surface area contributed by atoms with Crippen LogP contribution in [0.5, 0.6) is 0 Å². The highest BCUT2D eigenvalue weighted by atomic mass is 15.0. The predicted octanol–water partition coefficient (Wildman–Crippen LogP) is 11.7. The lowest BCUT2D eigenvalue weighted by Gasteiger charge is -2.14. The van der Waals surface area contributed by atoms with Crippen molar-refractivity contribution in [2.24, 2.45) is 0 Å². The summed E-state index contributed by atoms with van der Waals surface area (Å²) in [5, 5.41) is 7.56. The molecule has 0 N–H and O–H groups in total. The van der Waals surface area contributed by atoms with Gasteiger partial charge in [-0.05, 0) is 78.8 Å². The molecule has 8 aromatic carbocycles. The molecule has 224 valence electrons. The standard InChI is InChI=1S/C45H29N3/c1-4-14-30(15-5-1)34-26-35(33-24-25-41-39-22-11-10-20-37(39)38-21-12-13-23-40(38)42(41)29-33)28-36(27-34)45-47-43(31-16-6-2-7-17-31)46-44(48-45)32-18-8-3-9-19-32/h1-29H. The first-order chi connectivity index (χ1) is 23.8. The van der Waals surface area contributed by atoms with Crippen molar-refractivity contribution in [2.45, 2.75) is 0 Å². The minimum Gasteiger partial charge on any atom is -0.208 e. The average molecular weight is 612 g/mol. The van der Waals surface area contributed by atoms with E-state index >= 15 is 0 Å². The highest BCUT2D eigenvalue weighted by molar-refractivity contribution is 6.25. The summed E-state index contributed by atoms with van der Waals surface area (Å²) in [6.07, 6.45) is 0. The van der Waals surface area contributed by atoms with E-state index < -0.39 is 0 Å². The van der Waals surface area contributed by atoms with Gasteiger partial charge in [0.05, 0.1) is 0 Å². The van der Waals surface area contributed by atoms with Gasteiger partial charge in [0.15, 0.2) is 17.5 Å². The first-order valence-corrected chi connectivity index (χ1v) is 16.2. The van der Waals surface area contributed by atoms with Gasteiger partial charge >= 0.3 is 0 Å². The summed E-state index contributed by atoms with van der Waals surface area (Å²) in [7, 11) is 0. The predicted molar refractivity (Wildman–Crippen MR) is 200 cm³/mol. The van der Waals surface area contributed by atoms with Crippen LogP contribution in [0, 0.1) is 0 Å². The molecule has 48 heavy (non-hydrogen) atoms. The van der Waals surface area contributed by atoms with E-state index in [0.717, 1.165) is 38.9 Å². The van der Waals surface area contributed by atoms with Crippen LogP contribution in [0.15, 0.2) is 176 Å². The van der Waals surface area contributed by atoms with Gasteiger partial charge in [-0.2, -0.15) is 0 Å². The molecule has 0 radical (unpaired) electrons. The first kappa shape index (κ1) is 27.8. The van der Waals surface area contributed by atoms with Gasteiger partial charge in [0.2, 0.25) is 0 Å². The minimum absolute atomic E-state index is 0.638. The zero-order valence-corrected chi connectivity index (χ0v) is 26.1. The van der Waals surface area contributed by atoms with Gasteiger partial charge in [-0.25, -0.2) is 15.0 Å². The van der Waals surface area contributed by atoms with E-state index in [4.69, 9.17) is 15.0 Å². The van der Waals surface area contributed by atoms with Gasteiger partial charge in [0.25, 0.3) is 0 Å². The molecule has 0 atom stereocenters. The van der Waals surface area contributed by atoms with E-state index in [1.165, 1.54) is 32.3 Å². The van der Waals surface area contributed by atoms with E-state index in [9.17, 15) is 0 Å². The smallest absolute Gasteiger partial charge is 0.164 e. The van der Waals surface area contributed by atoms with Crippen LogP contribution in [0.25, 0.3) is 88.7 Å². The zero-order valence-electron chi connectivity index (χ0n) is 26.1. The van der Waals surface area contributed by atoms with Crippen molar-refractivity contribution in [1.82, 2.24) is 15.0 Å². The van der Waals surface area contributed by atoms with E-state index in [2.05, 4.69) is 115 Å². The van der Waals surface area contributed by atoms with Gasteiger partial charge in [0.1, 0.15) is 0 Å². The highest BCUT2D eigenvalue weighted by Gasteiger charge is 2.16. The highest BCUT2D eigenvalue weighted by Crippen LogP contribution is 2.39. The number of hydrogen-bond acceptors (Lipinski definition) is 3. The maximum atomic E-state index is 5.07. The monoisotopic (exact) mass is 611 g/mol. The number of aromatic nitrogens is 3. The maximum absolute atomic E-state index is 5.07. The second-order valence-electron chi connectivity index (χ2n) is 12.1. The fourth-order valence-corrected chi connectivity index (χ4v) is 6.75. The van der Waals surface area contributed by atoms with Gasteiger partial charge in [-0.1, -0.05) is 152 Å². The van der Waals surface area contributed by atoms with Crippen LogP contribution in [-0.4, -0.2) is 15.0 Å². The number of fused-ring (bicyclic) bond motifs is 6. The summed E-state index contributed by atoms with van der Waals surface area (Å²) in [4.78, 5) is 15.1. The zero-order chi connectivity index (χ0) is 31.9. The van der Waals surface area contributed by atoms with E-state index in [1.807, 2.05) is 60.7 Å². The number of benzene rings is 8. The van der Waals surface area contributed by atoms with E-state index in [0.29, 0.717) is 17.5 Å². The molecule has 0 saturated carbocycles. The Kier molecular flexibility index (Phi) is 6.80. The largest absolute Gasteiger partial charge is 0.208 e. The summed E-state index contributed by atoms with van der Waals surface area (Å²) in [6.45, 7) is 0. The fraction of sp³-hybridized carbons (Fsp3) is 0. The molecule has 9 aromatic rings.